The van der Waals surface area contributed by atoms with Gasteiger partial charge in [0, 0.05) is 19.5 Å². The lowest BCUT2D eigenvalue weighted by molar-refractivity contribution is -0.141. The van der Waals surface area contributed by atoms with Crippen LogP contribution in [-0.2, 0) is 4.79 Å². The van der Waals surface area contributed by atoms with Crippen molar-refractivity contribution in [2.24, 2.45) is 29.6 Å². The summed E-state index contributed by atoms with van der Waals surface area (Å²) in [5.74, 6) is 3.38. The van der Waals surface area contributed by atoms with E-state index >= 15 is 0 Å². The summed E-state index contributed by atoms with van der Waals surface area (Å²) in [6, 6.07) is 2.63. The van der Waals surface area contributed by atoms with Crippen LogP contribution in [0.15, 0.2) is 0 Å². The van der Waals surface area contributed by atoms with E-state index < -0.39 is 0 Å². The van der Waals surface area contributed by atoms with Crippen molar-refractivity contribution in [1.82, 2.24) is 4.90 Å². The summed E-state index contributed by atoms with van der Waals surface area (Å²) in [7, 11) is 1.97. The van der Waals surface area contributed by atoms with Gasteiger partial charge in [-0.2, -0.15) is 5.26 Å². The Labute approximate surface area is 116 Å². The molecule has 0 aromatic rings. The van der Waals surface area contributed by atoms with E-state index in [9.17, 15) is 4.79 Å². The third kappa shape index (κ3) is 2.26. The Morgan fingerprint density at radius 2 is 1.74 bits per heavy atom. The number of nitrogens with zero attached hydrogens (tertiary/aromatic N) is 2. The number of nitriles is 1. The van der Waals surface area contributed by atoms with Crippen LogP contribution in [0.3, 0.4) is 0 Å². The first-order valence-electron chi connectivity index (χ1n) is 7.73. The lowest BCUT2D eigenvalue weighted by atomic mass is 9.54. The van der Waals surface area contributed by atoms with Crippen LogP contribution in [0.4, 0.5) is 0 Å². The zero-order valence-corrected chi connectivity index (χ0v) is 12.0. The summed E-state index contributed by atoms with van der Waals surface area (Å²) in [5.41, 5.74) is 0. The molecule has 0 radical (unpaired) electrons. The molecule has 4 saturated carbocycles. The van der Waals surface area contributed by atoms with Gasteiger partial charge in [0.15, 0.2) is 0 Å². The fraction of sp³-hybridized carbons (Fsp3) is 0.875. The molecule has 0 aromatic heterocycles. The van der Waals surface area contributed by atoms with E-state index in [1.807, 2.05) is 18.9 Å². The summed E-state index contributed by atoms with van der Waals surface area (Å²) < 4.78 is 0. The predicted molar refractivity (Wildman–Crippen MR) is 73.0 cm³/mol. The second kappa shape index (κ2) is 4.81. The second-order valence-corrected chi connectivity index (χ2v) is 7.16. The number of rotatable bonds is 3. The highest BCUT2D eigenvalue weighted by molar-refractivity contribution is 5.76. The normalized spacial score (nSPS) is 40.8. The molecule has 3 heteroatoms. The summed E-state index contributed by atoms with van der Waals surface area (Å²) in [4.78, 5) is 14.3. The van der Waals surface area contributed by atoms with Crippen molar-refractivity contribution in [3.8, 4) is 6.07 Å². The van der Waals surface area contributed by atoms with Crippen molar-refractivity contribution in [1.29, 1.82) is 5.26 Å². The van der Waals surface area contributed by atoms with Gasteiger partial charge < -0.3 is 4.90 Å². The Morgan fingerprint density at radius 1 is 1.21 bits per heavy atom. The van der Waals surface area contributed by atoms with Crippen molar-refractivity contribution in [3.05, 3.63) is 0 Å². The van der Waals surface area contributed by atoms with Crippen LogP contribution >= 0.6 is 0 Å². The van der Waals surface area contributed by atoms with E-state index in [0.717, 1.165) is 23.7 Å². The van der Waals surface area contributed by atoms with Crippen molar-refractivity contribution < 1.29 is 4.79 Å². The minimum Gasteiger partial charge on any atom is -0.342 e. The van der Waals surface area contributed by atoms with Gasteiger partial charge in [0.2, 0.25) is 5.91 Å². The zero-order valence-electron chi connectivity index (χ0n) is 12.0. The topological polar surface area (TPSA) is 44.1 Å². The molecule has 19 heavy (non-hydrogen) atoms. The van der Waals surface area contributed by atoms with Crippen molar-refractivity contribution in [3.63, 3.8) is 0 Å². The number of amides is 1. The van der Waals surface area contributed by atoms with Crippen LogP contribution in [0, 0.1) is 40.9 Å². The van der Waals surface area contributed by atoms with Crippen LogP contribution in [0.2, 0.25) is 0 Å². The lowest BCUT2D eigenvalue weighted by Crippen LogP contribution is -2.56. The molecule has 104 valence electrons. The van der Waals surface area contributed by atoms with E-state index in [-0.39, 0.29) is 11.8 Å². The molecule has 4 bridgehead atoms. The maximum absolute atomic E-state index is 12.3. The Bertz CT molecular complexity index is 383. The van der Waals surface area contributed by atoms with E-state index in [4.69, 9.17) is 5.26 Å². The molecule has 0 aromatic carbocycles. The predicted octanol–water partition coefficient (Wildman–Crippen LogP) is 2.82. The molecule has 1 atom stereocenters. The maximum atomic E-state index is 12.3. The molecule has 0 N–H and O–H groups in total. The van der Waals surface area contributed by atoms with Gasteiger partial charge in [-0.15, -0.1) is 0 Å². The average molecular weight is 260 g/mol. The van der Waals surface area contributed by atoms with Gasteiger partial charge >= 0.3 is 0 Å². The fourth-order valence-electron chi connectivity index (χ4n) is 5.15. The van der Waals surface area contributed by atoms with Crippen molar-refractivity contribution >= 4 is 5.91 Å². The average Bonchev–Trinajstić information content (AvgIpc) is 2.36. The standard InChI is InChI=1S/C16H24N2O/c1-10(9-17)3-15(19)18(2)16-13-5-11-4-12(7-13)8-14(16)6-11/h10-14,16H,3-8H2,1-2H3. The molecule has 0 heterocycles. The first-order chi connectivity index (χ1) is 9.08. The molecule has 0 aliphatic heterocycles. The Morgan fingerprint density at radius 3 is 2.21 bits per heavy atom. The monoisotopic (exact) mass is 260 g/mol. The van der Waals surface area contributed by atoms with Crippen LogP contribution in [0.25, 0.3) is 0 Å². The lowest BCUT2D eigenvalue weighted by Gasteiger charge is -2.56. The molecule has 1 amide bonds. The summed E-state index contributed by atoms with van der Waals surface area (Å²) >= 11 is 0. The van der Waals surface area contributed by atoms with Gasteiger partial charge in [-0.05, 0) is 62.7 Å². The summed E-state index contributed by atoms with van der Waals surface area (Å²) in [6.07, 6.45) is 7.18. The minimum absolute atomic E-state index is 0.160. The minimum atomic E-state index is -0.160. The molecular weight excluding hydrogens is 236 g/mol. The molecule has 4 aliphatic rings. The third-order valence-electron chi connectivity index (χ3n) is 5.72. The van der Waals surface area contributed by atoms with Crippen LogP contribution < -0.4 is 0 Å². The van der Waals surface area contributed by atoms with E-state index in [1.165, 1.54) is 32.1 Å². The largest absolute Gasteiger partial charge is 0.342 e. The number of hydrogen-bond donors (Lipinski definition) is 0. The number of carbonyl (C=O) groups is 1. The van der Waals surface area contributed by atoms with Gasteiger partial charge in [0.25, 0.3) is 0 Å². The Hall–Kier alpha value is -1.04. The van der Waals surface area contributed by atoms with E-state index in [0.29, 0.717) is 12.5 Å². The van der Waals surface area contributed by atoms with Gasteiger partial charge in [-0.1, -0.05) is 0 Å². The van der Waals surface area contributed by atoms with Gasteiger partial charge in [0.05, 0.1) is 12.0 Å². The van der Waals surface area contributed by atoms with Crippen LogP contribution in [-0.4, -0.2) is 23.9 Å². The van der Waals surface area contributed by atoms with Gasteiger partial charge in [-0.3, -0.25) is 4.79 Å². The van der Waals surface area contributed by atoms with Gasteiger partial charge in [0.1, 0.15) is 0 Å². The highest BCUT2D eigenvalue weighted by atomic mass is 16.2. The van der Waals surface area contributed by atoms with Gasteiger partial charge in [-0.25, -0.2) is 0 Å². The van der Waals surface area contributed by atoms with Crippen molar-refractivity contribution in [2.75, 3.05) is 7.05 Å². The fourth-order valence-corrected chi connectivity index (χ4v) is 5.15. The highest BCUT2D eigenvalue weighted by Crippen LogP contribution is 2.55. The molecule has 3 nitrogen and oxygen atoms in total. The molecule has 0 spiro atoms. The van der Waals surface area contributed by atoms with Crippen molar-refractivity contribution in [2.45, 2.75) is 51.5 Å². The van der Waals surface area contributed by atoms with E-state index in [1.54, 1.807) is 0 Å². The molecule has 4 aliphatic carbocycles. The molecule has 4 fully saturated rings. The molecule has 0 saturated heterocycles. The van der Waals surface area contributed by atoms with Crippen LogP contribution in [0.1, 0.15) is 45.4 Å². The van der Waals surface area contributed by atoms with E-state index in [2.05, 4.69) is 6.07 Å². The second-order valence-electron chi connectivity index (χ2n) is 7.16. The number of carbonyl (C=O) groups excluding carboxylic acids is 1. The zero-order chi connectivity index (χ0) is 13.6. The molecule has 1 unspecified atom stereocenters. The first-order valence-corrected chi connectivity index (χ1v) is 7.73. The highest BCUT2D eigenvalue weighted by Gasteiger charge is 2.50. The SMILES string of the molecule is CC(C#N)CC(=O)N(C)C1C2CC3CC(C2)CC1C3. The molecule has 4 rings (SSSR count). The summed E-state index contributed by atoms with van der Waals surface area (Å²) in [6.45, 7) is 1.84. The smallest absolute Gasteiger partial charge is 0.223 e. The summed E-state index contributed by atoms with van der Waals surface area (Å²) in [5, 5.41) is 8.86. The maximum Gasteiger partial charge on any atom is 0.223 e. The van der Waals surface area contributed by atoms with Crippen LogP contribution in [0.5, 0.6) is 0 Å². The number of hydrogen-bond acceptors (Lipinski definition) is 2. The first kappa shape index (κ1) is 13.0. The Balaban J connectivity index is 1.69. The quantitative estimate of drug-likeness (QED) is 0.783. The molecular formula is C16H24N2O. The Kier molecular flexibility index (Phi) is 3.28. The third-order valence-corrected chi connectivity index (χ3v) is 5.72.